The number of anilines is 1. The Morgan fingerprint density at radius 1 is 0.580 bits per heavy atom. The summed E-state index contributed by atoms with van der Waals surface area (Å²) in [5.74, 6) is 2.71. The number of benzene rings is 5. The van der Waals surface area contributed by atoms with E-state index in [1.165, 1.54) is 61.2 Å². The van der Waals surface area contributed by atoms with Gasteiger partial charge in [0.25, 0.3) is 0 Å². The second-order valence-electron chi connectivity index (χ2n) is 14.3. The van der Waals surface area contributed by atoms with Crippen molar-refractivity contribution in [2.75, 3.05) is 31.1 Å². The third kappa shape index (κ3) is 8.17. The maximum absolute atomic E-state index is 6.32. The molecule has 1 saturated heterocycles. The average Bonchev–Trinajstić information content (AvgIpc) is 3.30. The SMILES string of the molecule is CC1(C)c2cc(OCc3ccccc3)ccc2N(Cc2ccc(OCCN3CCCCCC3)cc2)[C@H]1c1ccc(OCc2ccccc2)cc1. The lowest BCUT2D eigenvalue weighted by molar-refractivity contribution is 0.214. The number of rotatable bonds is 13. The number of nitrogens with zero attached hydrogens (tertiary/aromatic N) is 2. The van der Waals surface area contributed by atoms with Crippen LogP contribution in [0.3, 0.4) is 0 Å². The molecule has 7 rings (SSSR count). The Kier molecular flexibility index (Phi) is 10.7. The summed E-state index contributed by atoms with van der Waals surface area (Å²) in [4.78, 5) is 5.11. The summed E-state index contributed by atoms with van der Waals surface area (Å²) < 4.78 is 18.7. The summed E-state index contributed by atoms with van der Waals surface area (Å²) in [5.41, 5.74) is 7.21. The van der Waals surface area contributed by atoms with Crippen molar-refractivity contribution in [2.45, 2.75) is 70.7 Å². The Morgan fingerprint density at radius 3 is 1.78 bits per heavy atom. The first kappa shape index (κ1) is 33.7. The molecule has 0 saturated carbocycles. The lowest BCUT2D eigenvalue weighted by Crippen LogP contribution is -2.33. The van der Waals surface area contributed by atoms with Crippen LogP contribution in [0.5, 0.6) is 17.2 Å². The van der Waals surface area contributed by atoms with Crippen LogP contribution in [0, 0.1) is 0 Å². The quantitative estimate of drug-likeness (QED) is 0.125. The lowest BCUT2D eigenvalue weighted by atomic mass is 9.77. The standard InChI is InChI=1S/C45H50N2O3/c1-45(2)42-31-41(50-34-37-15-9-6-10-16-37)25-26-43(42)47(44(45)38-19-23-40(24-20-38)49-33-36-13-7-5-8-14-36)32-35-17-21-39(22-18-35)48-30-29-46-27-11-3-4-12-28-46/h5-10,13-26,31,44H,3-4,11-12,27-30,32-34H2,1-2H3/t44-/m0/s1. The highest BCUT2D eigenvalue weighted by molar-refractivity contribution is 5.67. The molecule has 258 valence electrons. The van der Waals surface area contributed by atoms with Crippen LogP contribution in [0.25, 0.3) is 0 Å². The van der Waals surface area contributed by atoms with E-state index in [2.05, 4.69) is 127 Å². The Labute approximate surface area is 298 Å². The molecule has 0 unspecified atom stereocenters. The zero-order valence-corrected chi connectivity index (χ0v) is 29.6. The molecule has 0 bridgehead atoms. The fraction of sp³-hybridized carbons (Fsp3) is 0.333. The van der Waals surface area contributed by atoms with Gasteiger partial charge >= 0.3 is 0 Å². The zero-order valence-electron chi connectivity index (χ0n) is 29.6. The summed E-state index contributed by atoms with van der Waals surface area (Å²) in [5, 5.41) is 0. The molecule has 2 aliphatic rings. The van der Waals surface area contributed by atoms with Crippen molar-refractivity contribution in [3.05, 3.63) is 155 Å². The fourth-order valence-corrected chi connectivity index (χ4v) is 7.59. The molecule has 0 spiro atoms. The van der Waals surface area contributed by atoms with Gasteiger partial charge in [-0.2, -0.15) is 0 Å². The Hall–Kier alpha value is -4.74. The maximum Gasteiger partial charge on any atom is 0.120 e. The molecular weight excluding hydrogens is 617 g/mol. The van der Waals surface area contributed by atoms with Crippen molar-refractivity contribution in [2.24, 2.45) is 0 Å². The summed E-state index contributed by atoms with van der Waals surface area (Å²) in [6.45, 7) is 10.7. The molecule has 0 N–H and O–H groups in total. The average molecular weight is 667 g/mol. The van der Waals surface area contributed by atoms with E-state index in [9.17, 15) is 0 Å². The number of likely N-dealkylation sites (tertiary alicyclic amines) is 1. The van der Waals surface area contributed by atoms with Crippen molar-refractivity contribution >= 4 is 5.69 Å². The summed E-state index contributed by atoms with van der Waals surface area (Å²) in [6.07, 6.45) is 5.33. The van der Waals surface area contributed by atoms with Gasteiger partial charge in [0.1, 0.15) is 37.1 Å². The van der Waals surface area contributed by atoms with Crippen LogP contribution in [0.4, 0.5) is 5.69 Å². The van der Waals surface area contributed by atoms with E-state index in [0.717, 1.165) is 48.1 Å². The molecule has 5 heteroatoms. The van der Waals surface area contributed by atoms with E-state index >= 15 is 0 Å². The highest BCUT2D eigenvalue weighted by Crippen LogP contribution is 2.54. The molecule has 1 atom stereocenters. The van der Waals surface area contributed by atoms with Gasteiger partial charge in [-0.15, -0.1) is 0 Å². The molecule has 5 nitrogen and oxygen atoms in total. The van der Waals surface area contributed by atoms with E-state index in [0.29, 0.717) is 13.2 Å². The number of hydrogen-bond donors (Lipinski definition) is 0. The van der Waals surface area contributed by atoms with Crippen LogP contribution in [0.2, 0.25) is 0 Å². The van der Waals surface area contributed by atoms with Crippen molar-refractivity contribution in [3.63, 3.8) is 0 Å². The third-order valence-electron chi connectivity index (χ3n) is 10.3. The predicted molar refractivity (Wildman–Crippen MR) is 203 cm³/mol. The number of ether oxygens (including phenoxy) is 3. The van der Waals surface area contributed by atoms with Gasteiger partial charge < -0.3 is 19.1 Å². The minimum atomic E-state index is -0.176. The van der Waals surface area contributed by atoms with Gasteiger partial charge in [-0.3, -0.25) is 4.90 Å². The highest BCUT2D eigenvalue weighted by atomic mass is 16.5. The summed E-state index contributed by atoms with van der Waals surface area (Å²) >= 11 is 0. The molecule has 5 aromatic rings. The van der Waals surface area contributed by atoms with Crippen LogP contribution >= 0.6 is 0 Å². The Bertz CT molecular complexity index is 1780. The molecule has 1 fully saturated rings. The maximum atomic E-state index is 6.32. The van der Waals surface area contributed by atoms with Crippen LogP contribution < -0.4 is 19.1 Å². The second-order valence-corrected chi connectivity index (χ2v) is 14.3. The molecular formula is C45H50N2O3. The normalized spacial score (nSPS) is 17.2. The monoisotopic (exact) mass is 666 g/mol. The van der Waals surface area contributed by atoms with Gasteiger partial charge in [0.2, 0.25) is 0 Å². The van der Waals surface area contributed by atoms with E-state index < -0.39 is 0 Å². The van der Waals surface area contributed by atoms with Crippen LogP contribution in [-0.4, -0.2) is 31.1 Å². The van der Waals surface area contributed by atoms with Gasteiger partial charge in [0.15, 0.2) is 0 Å². The summed E-state index contributed by atoms with van der Waals surface area (Å²) in [7, 11) is 0. The first-order chi connectivity index (χ1) is 24.5. The molecule has 5 aromatic carbocycles. The molecule has 2 aliphatic heterocycles. The minimum Gasteiger partial charge on any atom is -0.492 e. The van der Waals surface area contributed by atoms with E-state index in [4.69, 9.17) is 14.2 Å². The minimum absolute atomic E-state index is 0.120. The Balaban J connectivity index is 1.09. The van der Waals surface area contributed by atoms with Crippen molar-refractivity contribution in [3.8, 4) is 17.2 Å². The smallest absolute Gasteiger partial charge is 0.120 e. The van der Waals surface area contributed by atoms with E-state index in [-0.39, 0.29) is 11.5 Å². The lowest BCUT2D eigenvalue weighted by Gasteiger charge is -2.35. The van der Waals surface area contributed by atoms with Crippen molar-refractivity contribution in [1.82, 2.24) is 4.90 Å². The molecule has 0 aliphatic carbocycles. The van der Waals surface area contributed by atoms with Gasteiger partial charge in [0.05, 0.1) is 6.04 Å². The van der Waals surface area contributed by atoms with Gasteiger partial charge in [-0.25, -0.2) is 0 Å². The Morgan fingerprint density at radius 2 is 1.14 bits per heavy atom. The van der Waals surface area contributed by atoms with Crippen molar-refractivity contribution in [1.29, 1.82) is 0 Å². The number of fused-ring (bicyclic) bond motifs is 1. The van der Waals surface area contributed by atoms with E-state index in [1.807, 2.05) is 24.3 Å². The molecule has 0 amide bonds. The van der Waals surface area contributed by atoms with E-state index in [1.54, 1.807) is 0 Å². The van der Waals surface area contributed by atoms with Crippen LogP contribution in [0.15, 0.2) is 127 Å². The topological polar surface area (TPSA) is 34.2 Å². The second kappa shape index (κ2) is 15.9. The predicted octanol–water partition coefficient (Wildman–Crippen LogP) is 10.1. The van der Waals surface area contributed by atoms with Gasteiger partial charge in [-0.1, -0.05) is 112 Å². The van der Waals surface area contributed by atoms with Gasteiger partial charge in [-0.05, 0) is 96.2 Å². The molecule has 2 heterocycles. The molecule has 0 radical (unpaired) electrons. The van der Waals surface area contributed by atoms with Crippen molar-refractivity contribution < 1.29 is 14.2 Å². The zero-order chi connectivity index (χ0) is 34.2. The van der Waals surface area contributed by atoms with Gasteiger partial charge in [0, 0.05) is 24.2 Å². The first-order valence-electron chi connectivity index (χ1n) is 18.3. The van der Waals surface area contributed by atoms with Crippen LogP contribution in [-0.2, 0) is 25.2 Å². The third-order valence-corrected chi connectivity index (χ3v) is 10.3. The molecule has 50 heavy (non-hydrogen) atoms. The largest absolute Gasteiger partial charge is 0.492 e. The number of hydrogen-bond acceptors (Lipinski definition) is 5. The first-order valence-corrected chi connectivity index (χ1v) is 18.3. The van der Waals surface area contributed by atoms with Crippen LogP contribution in [0.1, 0.15) is 73.4 Å². The fourth-order valence-electron chi connectivity index (χ4n) is 7.59. The molecule has 0 aromatic heterocycles. The summed E-state index contributed by atoms with van der Waals surface area (Å²) in [6, 6.07) is 44.8. The highest BCUT2D eigenvalue weighted by Gasteiger charge is 2.45.